The Morgan fingerprint density at radius 1 is 0.917 bits per heavy atom. The van der Waals surface area contributed by atoms with Gasteiger partial charge < -0.3 is 0 Å². The summed E-state index contributed by atoms with van der Waals surface area (Å²) in [5.41, 5.74) is 0. The van der Waals surface area contributed by atoms with Crippen LogP contribution in [0.4, 0.5) is 0 Å². The number of hydrogen-bond donors (Lipinski definition) is 2. The number of fused-ring (bicyclic) bond motifs is 1. The molecule has 0 bridgehead atoms. The van der Waals surface area contributed by atoms with Crippen LogP contribution >= 0.6 is 0 Å². The Morgan fingerprint density at radius 3 is 1.75 bits per heavy atom. The average molecular weight is 170 g/mol. The van der Waals surface area contributed by atoms with Crippen LogP contribution in [0.5, 0.6) is 0 Å². The molecule has 2 rings (SSSR count). The molecule has 4 nitrogen and oxygen atoms in total. The first-order chi connectivity index (χ1) is 5.79. The Hall–Kier alpha value is -0.160. The average Bonchev–Trinajstić information content (AvgIpc) is 2.07. The molecule has 0 aliphatic carbocycles. The molecule has 2 N–H and O–H groups in total. The second kappa shape index (κ2) is 3.30. The monoisotopic (exact) mass is 170 g/mol. The van der Waals surface area contributed by atoms with Crippen LogP contribution in [0.3, 0.4) is 0 Å². The van der Waals surface area contributed by atoms with E-state index in [-0.39, 0.29) is 0 Å². The topological polar surface area (TPSA) is 30.5 Å². The Bertz CT molecular complexity index is 143. The molecule has 0 aromatic carbocycles. The maximum Gasteiger partial charge on any atom is 0.0892 e. The summed E-state index contributed by atoms with van der Waals surface area (Å²) in [6.07, 6.45) is 0.995. The minimum atomic E-state index is 0.498. The van der Waals surface area contributed by atoms with Gasteiger partial charge in [-0.05, 0) is 14.1 Å². The fourth-order valence-electron chi connectivity index (χ4n) is 2.07. The molecule has 4 heteroatoms. The highest BCUT2D eigenvalue weighted by atomic mass is 15.4. The molecule has 0 radical (unpaired) electrons. The van der Waals surface area contributed by atoms with Gasteiger partial charge in [-0.25, -0.2) is 0 Å². The lowest BCUT2D eigenvalue weighted by Crippen LogP contribution is -2.71. The summed E-state index contributed by atoms with van der Waals surface area (Å²) < 4.78 is 0. The van der Waals surface area contributed by atoms with E-state index in [0.29, 0.717) is 12.3 Å². The maximum absolute atomic E-state index is 3.52. The smallest absolute Gasteiger partial charge is 0.0892 e. The molecule has 2 aliphatic heterocycles. The Morgan fingerprint density at radius 2 is 1.33 bits per heavy atom. The molecule has 2 aliphatic rings. The van der Waals surface area contributed by atoms with Crippen LogP contribution in [0.2, 0.25) is 0 Å². The Labute approximate surface area is 73.9 Å². The number of piperazine rings is 2. The molecule has 0 unspecified atom stereocenters. The second-order valence-electron chi connectivity index (χ2n) is 3.76. The van der Waals surface area contributed by atoms with Crippen LogP contribution in [-0.4, -0.2) is 62.4 Å². The lowest BCUT2D eigenvalue weighted by molar-refractivity contribution is 0.0109. The van der Waals surface area contributed by atoms with E-state index >= 15 is 0 Å². The van der Waals surface area contributed by atoms with Crippen molar-refractivity contribution >= 4 is 0 Å². The molecule has 0 aromatic heterocycles. The zero-order chi connectivity index (χ0) is 8.55. The van der Waals surface area contributed by atoms with Crippen LogP contribution in [0.1, 0.15) is 0 Å². The largest absolute Gasteiger partial charge is 0.298 e. The lowest BCUT2D eigenvalue weighted by atomic mass is 10.2. The zero-order valence-electron chi connectivity index (χ0n) is 7.88. The molecular formula is C8H18N4. The quantitative estimate of drug-likeness (QED) is 0.473. The molecule has 0 aromatic rings. The Kier molecular flexibility index (Phi) is 2.32. The summed E-state index contributed by atoms with van der Waals surface area (Å²) in [6.45, 7) is 4.48. The second-order valence-corrected chi connectivity index (χ2v) is 3.76. The van der Waals surface area contributed by atoms with E-state index in [1.165, 1.54) is 0 Å². The summed E-state index contributed by atoms with van der Waals surface area (Å²) in [4.78, 5) is 4.77. The molecular weight excluding hydrogens is 152 g/mol. The van der Waals surface area contributed by atoms with E-state index in [0.717, 1.165) is 26.2 Å². The highest BCUT2D eigenvalue weighted by Crippen LogP contribution is 2.10. The van der Waals surface area contributed by atoms with Crippen molar-refractivity contribution in [1.29, 1.82) is 0 Å². The van der Waals surface area contributed by atoms with E-state index in [4.69, 9.17) is 0 Å². The van der Waals surface area contributed by atoms with Crippen molar-refractivity contribution in [2.24, 2.45) is 0 Å². The molecule has 2 saturated heterocycles. The highest BCUT2D eigenvalue weighted by molar-refractivity contribution is 4.88. The maximum atomic E-state index is 3.52. The van der Waals surface area contributed by atoms with Crippen molar-refractivity contribution in [1.82, 2.24) is 20.4 Å². The minimum Gasteiger partial charge on any atom is -0.298 e. The SMILES string of the molecule is CN1CCN[C@H]2[C@@H]1NCCN2C. The van der Waals surface area contributed by atoms with Gasteiger partial charge >= 0.3 is 0 Å². The fraction of sp³-hybridized carbons (Fsp3) is 1.00. The van der Waals surface area contributed by atoms with Gasteiger partial charge in [-0.15, -0.1) is 0 Å². The third-order valence-corrected chi connectivity index (χ3v) is 2.88. The summed E-state index contributed by atoms with van der Waals surface area (Å²) in [5.74, 6) is 0. The van der Waals surface area contributed by atoms with E-state index < -0.39 is 0 Å². The minimum absolute atomic E-state index is 0.498. The third kappa shape index (κ3) is 1.35. The van der Waals surface area contributed by atoms with Crippen molar-refractivity contribution in [3.63, 3.8) is 0 Å². The van der Waals surface area contributed by atoms with Gasteiger partial charge in [-0.3, -0.25) is 20.4 Å². The van der Waals surface area contributed by atoms with Gasteiger partial charge in [0.25, 0.3) is 0 Å². The van der Waals surface area contributed by atoms with Crippen molar-refractivity contribution in [2.45, 2.75) is 12.3 Å². The van der Waals surface area contributed by atoms with Gasteiger partial charge in [0.15, 0.2) is 0 Å². The first-order valence-electron chi connectivity index (χ1n) is 4.66. The van der Waals surface area contributed by atoms with Crippen molar-refractivity contribution in [2.75, 3.05) is 40.3 Å². The first-order valence-corrected chi connectivity index (χ1v) is 4.66. The summed E-state index contributed by atoms with van der Waals surface area (Å²) in [6, 6.07) is 0. The van der Waals surface area contributed by atoms with E-state index in [1.54, 1.807) is 0 Å². The van der Waals surface area contributed by atoms with E-state index in [2.05, 4.69) is 34.5 Å². The Balaban J connectivity index is 2.05. The van der Waals surface area contributed by atoms with Crippen LogP contribution in [0, 0.1) is 0 Å². The summed E-state index contributed by atoms with van der Waals surface area (Å²) in [7, 11) is 4.37. The van der Waals surface area contributed by atoms with Gasteiger partial charge in [0.1, 0.15) is 0 Å². The first kappa shape index (κ1) is 8.44. The van der Waals surface area contributed by atoms with Gasteiger partial charge in [-0.1, -0.05) is 0 Å². The number of likely N-dealkylation sites (N-methyl/N-ethyl adjacent to an activating group) is 2. The van der Waals surface area contributed by atoms with Crippen molar-refractivity contribution in [3.05, 3.63) is 0 Å². The number of rotatable bonds is 0. The van der Waals surface area contributed by atoms with Crippen LogP contribution in [0.15, 0.2) is 0 Å². The molecule has 0 saturated carbocycles. The van der Waals surface area contributed by atoms with Crippen LogP contribution in [0.25, 0.3) is 0 Å². The number of nitrogens with one attached hydrogen (secondary N) is 2. The van der Waals surface area contributed by atoms with Gasteiger partial charge in [0.05, 0.1) is 12.3 Å². The molecule has 70 valence electrons. The standard InChI is InChI=1S/C8H18N4/c1-11-5-3-10-8-7(11)9-4-6-12(8)2/h7-10H,3-6H2,1-2H3/t7-,8-/m1/s1. The highest BCUT2D eigenvalue weighted by Gasteiger charge is 2.33. The van der Waals surface area contributed by atoms with E-state index in [9.17, 15) is 0 Å². The zero-order valence-corrected chi connectivity index (χ0v) is 7.88. The van der Waals surface area contributed by atoms with Crippen LogP contribution < -0.4 is 10.6 Å². The molecule has 2 fully saturated rings. The van der Waals surface area contributed by atoms with Gasteiger partial charge in [0, 0.05) is 26.2 Å². The van der Waals surface area contributed by atoms with Gasteiger partial charge in [-0.2, -0.15) is 0 Å². The predicted octanol–water partition coefficient (Wildman–Crippen LogP) is -1.29. The molecule has 0 spiro atoms. The fourth-order valence-corrected chi connectivity index (χ4v) is 2.07. The van der Waals surface area contributed by atoms with Crippen molar-refractivity contribution < 1.29 is 0 Å². The lowest BCUT2D eigenvalue weighted by Gasteiger charge is -2.47. The molecule has 12 heavy (non-hydrogen) atoms. The van der Waals surface area contributed by atoms with Gasteiger partial charge in [0.2, 0.25) is 0 Å². The normalized spacial score (nSPS) is 39.5. The number of nitrogens with zero attached hydrogens (tertiary/aromatic N) is 2. The molecule has 2 heterocycles. The van der Waals surface area contributed by atoms with E-state index in [1.807, 2.05) is 0 Å². The predicted molar refractivity (Wildman–Crippen MR) is 48.8 cm³/mol. The number of hydrogen-bond acceptors (Lipinski definition) is 4. The summed E-state index contributed by atoms with van der Waals surface area (Å²) in [5, 5.41) is 7.05. The molecule has 0 amide bonds. The summed E-state index contributed by atoms with van der Waals surface area (Å²) >= 11 is 0. The van der Waals surface area contributed by atoms with Crippen molar-refractivity contribution in [3.8, 4) is 0 Å². The third-order valence-electron chi connectivity index (χ3n) is 2.88. The molecule has 2 atom stereocenters. The van der Waals surface area contributed by atoms with Crippen LogP contribution in [-0.2, 0) is 0 Å².